The van der Waals surface area contributed by atoms with Crippen molar-refractivity contribution in [2.75, 3.05) is 12.4 Å². The summed E-state index contributed by atoms with van der Waals surface area (Å²) in [5.41, 5.74) is -0.531. The SMILES string of the molecule is [B]C([B])(O)C1OC(n2cnc3c(=O)[nH]c(NC(=O)C(C)C)nc32)C(OC)C1O. The van der Waals surface area contributed by atoms with Crippen LogP contribution in [0.1, 0.15) is 20.1 Å². The van der Waals surface area contributed by atoms with Crippen molar-refractivity contribution >= 4 is 38.7 Å². The number of aromatic nitrogens is 4. The maximum absolute atomic E-state index is 12.3. The van der Waals surface area contributed by atoms with Crippen molar-refractivity contribution < 1.29 is 24.5 Å². The highest BCUT2D eigenvalue weighted by Gasteiger charge is 2.50. The first kappa shape index (κ1) is 20.5. The standard InChI is InChI=1S/C15H19B2N5O6/c1-5(2)11(24)20-14-19-10-6(12(25)21-14)18-4-22(10)13-8(27-3)7(23)9(28-13)15(16,17)26/h4-5,7-9,13,23,26H,1-3H3,(H2,19,20,21,24,25). The molecule has 4 unspecified atom stereocenters. The Labute approximate surface area is 162 Å². The highest BCUT2D eigenvalue weighted by Crippen LogP contribution is 2.35. The van der Waals surface area contributed by atoms with Gasteiger partial charge in [0.05, 0.1) is 6.33 Å². The van der Waals surface area contributed by atoms with Gasteiger partial charge < -0.3 is 19.7 Å². The number of H-pyrrole nitrogens is 1. The molecule has 0 aromatic carbocycles. The monoisotopic (exact) mass is 387 g/mol. The van der Waals surface area contributed by atoms with Gasteiger partial charge in [-0.05, 0) is 0 Å². The molecule has 13 heteroatoms. The van der Waals surface area contributed by atoms with Crippen molar-refractivity contribution in [2.24, 2.45) is 5.92 Å². The number of imidazole rings is 1. The summed E-state index contributed by atoms with van der Waals surface area (Å²) in [5, 5.41) is 20.4. The quantitative estimate of drug-likeness (QED) is 0.429. The normalized spacial score (nSPS) is 25.5. The lowest BCUT2D eigenvalue weighted by molar-refractivity contribution is -0.118. The second kappa shape index (κ2) is 7.32. The number of aliphatic hydroxyl groups is 2. The Morgan fingerprint density at radius 3 is 2.75 bits per heavy atom. The lowest BCUT2D eigenvalue weighted by atomic mass is 9.61. The number of aromatic amines is 1. The second-order valence-electron chi connectivity index (χ2n) is 6.91. The molecule has 2 aromatic rings. The molecule has 1 fully saturated rings. The van der Waals surface area contributed by atoms with Gasteiger partial charge in [0.2, 0.25) is 11.9 Å². The van der Waals surface area contributed by atoms with Crippen LogP contribution in [0.4, 0.5) is 5.95 Å². The third kappa shape index (κ3) is 3.57. The number of methoxy groups -OCH3 is 1. The predicted molar refractivity (Wildman–Crippen MR) is 98.8 cm³/mol. The van der Waals surface area contributed by atoms with Crippen LogP contribution in [0.25, 0.3) is 11.2 Å². The fraction of sp³-hybridized carbons (Fsp3) is 0.600. The Bertz CT molecular complexity index is 939. The van der Waals surface area contributed by atoms with E-state index >= 15 is 0 Å². The van der Waals surface area contributed by atoms with Gasteiger partial charge in [0.15, 0.2) is 17.4 Å². The zero-order chi connectivity index (χ0) is 20.8. The molecule has 0 spiro atoms. The summed E-state index contributed by atoms with van der Waals surface area (Å²) < 4.78 is 12.2. The Kier molecular flexibility index (Phi) is 5.36. The lowest BCUT2D eigenvalue weighted by Crippen LogP contribution is -2.50. The number of nitrogens with zero attached hydrogens (tertiary/aromatic N) is 3. The largest absolute Gasteiger partial charge is 0.406 e. The Morgan fingerprint density at radius 2 is 2.18 bits per heavy atom. The molecule has 146 valence electrons. The lowest BCUT2D eigenvalue weighted by Gasteiger charge is -2.28. The van der Waals surface area contributed by atoms with Crippen molar-refractivity contribution in [2.45, 2.75) is 43.8 Å². The summed E-state index contributed by atoms with van der Waals surface area (Å²) >= 11 is 0. The van der Waals surface area contributed by atoms with E-state index in [1.54, 1.807) is 13.8 Å². The maximum Gasteiger partial charge on any atom is 0.280 e. The minimum Gasteiger partial charge on any atom is -0.406 e. The average molecular weight is 387 g/mol. The number of ether oxygens (including phenoxy) is 2. The molecule has 3 rings (SSSR count). The summed E-state index contributed by atoms with van der Waals surface area (Å²) in [7, 11) is 12.2. The van der Waals surface area contributed by atoms with Crippen LogP contribution in [-0.2, 0) is 14.3 Å². The highest BCUT2D eigenvalue weighted by molar-refractivity contribution is 6.39. The van der Waals surface area contributed by atoms with Gasteiger partial charge in [0.25, 0.3) is 5.56 Å². The number of aliphatic hydroxyl groups excluding tert-OH is 1. The Morgan fingerprint density at radius 1 is 1.50 bits per heavy atom. The minimum absolute atomic E-state index is 0.0188. The van der Waals surface area contributed by atoms with E-state index in [-0.39, 0.29) is 28.9 Å². The number of hydrogen-bond donors (Lipinski definition) is 4. The molecule has 11 nitrogen and oxygen atoms in total. The number of carbonyl (C=O) groups excluding carboxylic acids is 1. The topological polar surface area (TPSA) is 152 Å². The molecule has 0 saturated carbocycles. The van der Waals surface area contributed by atoms with E-state index in [0.29, 0.717) is 0 Å². The van der Waals surface area contributed by atoms with Crippen LogP contribution in [-0.4, -0.2) is 82.2 Å². The fourth-order valence-corrected chi connectivity index (χ4v) is 2.94. The van der Waals surface area contributed by atoms with Crippen LogP contribution in [0.2, 0.25) is 0 Å². The molecule has 4 atom stereocenters. The van der Waals surface area contributed by atoms with Crippen LogP contribution in [0.3, 0.4) is 0 Å². The highest BCUT2D eigenvalue weighted by atomic mass is 16.6. The van der Waals surface area contributed by atoms with Crippen LogP contribution in [0.5, 0.6) is 0 Å². The molecular formula is C15H19B2N5O6. The van der Waals surface area contributed by atoms with E-state index in [0.717, 1.165) is 0 Å². The van der Waals surface area contributed by atoms with Gasteiger partial charge in [-0.3, -0.25) is 24.5 Å². The van der Waals surface area contributed by atoms with Crippen LogP contribution in [0, 0.1) is 5.92 Å². The molecule has 0 bridgehead atoms. The third-order valence-electron chi connectivity index (χ3n) is 4.41. The number of fused-ring (bicyclic) bond motifs is 1. The van der Waals surface area contributed by atoms with Gasteiger partial charge in [-0.15, -0.1) is 0 Å². The van der Waals surface area contributed by atoms with Crippen molar-refractivity contribution in [3.05, 3.63) is 16.7 Å². The van der Waals surface area contributed by atoms with Gasteiger partial charge in [-0.2, -0.15) is 4.98 Å². The number of hydrogen-bond acceptors (Lipinski definition) is 8. The van der Waals surface area contributed by atoms with Gasteiger partial charge in [0.1, 0.15) is 34.0 Å². The smallest absolute Gasteiger partial charge is 0.280 e. The first-order chi connectivity index (χ1) is 13.0. The summed E-state index contributed by atoms with van der Waals surface area (Å²) in [4.78, 5) is 34.8. The van der Waals surface area contributed by atoms with E-state index in [2.05, 4.69) is 20.3 Å². The molecular weight excluding hydrogens is 368 g/mol. The molecule has 28 heavy (non-hydrogen) atoms. The van der Waals surface area contributed by atoms with E-state index in [4.69, 9.17) is 25.2 Å². The first-order valence-corrected chi connectivity index (χ1v) is 8.48. The maximum atomic E-state index is 12.3. The second-order valence-corrected chi connectivity index (χ2v) is 6.91. The van der Waals surface area contributed by atoms with E-state index in [1.165, 1.54) is 18.0 Å². The zero-order valence-corrected chi connectivity index (χ0v) is 15.5. The third-order valence-corrected chi connectivity index (χ3v) is 4.41. The van der Waals surface area contributed by atoms with Gasteiger partial charge >= 0.3 is 0 Å². The molecule has 4 N–H and O–H groups in total. The van der Waals surface area contributed by atoms with Gasteiger partial charge in [-0.25, -0.2) is 4.98 Å². The van der Waals surface area contributed by atoms with E-state index in [1.807, 2.05) is 0 Å². The van der Waals surface area contributed by atoms with Crippen molar-refractivity contribution in [1.29, 1.82) is 0 Å². The van der Waals surface area contributed by atoms with E-state index in [9.17, 15) is 19.8 Å². The molecule has 2 aromatic heterocycles. The number of anilines is 1. The van der Waals surface area contributed by atoms with Gasteiger partial charge in [0, 0.05) is 18.4 Å². The van der Waals surface area contributed by atoms with Crippen LogP contribution in [0.15, 0.2) is 11.1 Å². The van der Waals surface area contributed by atoms with Crippen LogP contribution < -0.4 is 10.9 Å². The number of carbonyl (C=O) groups is 1. The number of rotatable bonds is 5. The van der Waals surface area contributed by atoms with E-state index < -0.39 is 35.5 Å². The van der Waals surface area contributed by atoms with Crippen molar-refractivity contribution in [3.63, 3.8) is 0 Å². The molecule has 3 heterocycles. The van der Waals surface area contributed by atoms with Crippen LogP contribution >= 0.6 is 0 Å². The number of nitrogens with one attached hydrogen (secondary N) is 2. The number of amides is 1. The molecule has 1 aliphatic heterocycles. The van der Waals surface area contributed by atoms with Crippen molar-refractivity contribution in [3.8, 4) is 0 Å². The summed E-state index contributed by atoms with van der Waals surface area (Å²) in [6.07, 6.45) is -3.51. The molecule has 4 radical (unpaired) electrons. The summed E-state index contributed by atoms with van der Waals surface area (Å²) in [6.45, 7) is 3.38. The molecule has 1 aliphatic rings. The minimum atomic E-state index is -2.33. The summed E-state index contributed by atoms with van der Waals surface area (Å²) in [6, 6.07) is 0. The molecule has 0 aliphatic carbocycles. The molecule has 1 saturated heterocycles. The Balaban J connectivity index is 2.04. The average Bonchev–Trinajstić information content (AvgIpc) is 3.15. The zero-order valence-electron chi connectivity index (χ0n) is 15.5. The van der Waals surface area contributed by atoms with Crippen molar-refractivity contribution in [1.82, 2.24) is 19.5 Å². The Hall–Kier alpha value is -2.21. The fourth-order valence-electron chi connectivity index (χ4n) is 2.94. The predicted octanol–water partition coefficient (Wildman–Crippen LogP) is -2.03. The molecule has 1 amide bonds. The first-order valence-electron chi connectivity index (χ1n) is 8.48. The van der Waals surface area contributed by atoms with Gasteiger partial charge in [-0.1, -0.05) is 13.8 Å². The summed E-state index contributed by atoms with van der Waals surface area (Å²) in [5.74, 6) is -0.743.